The number of rotatable bonds is 7. The molecular formula is C18H26N2O4. The van der Waals surface area contributed by atoms with Crippen molar-refractivity contribution in [2.45, 2.75) is 19.1 Å². The summed E-state index contributed by atoms with van der Waals surface area (Å²) in [6.07, 6.45) is 2.10. The molecule has 2 heterocycles. The molecule has 0 bridgehead atoms. The summed E-state index contributed by atoms with van der Waals surface area (Å²) in [7, 11) is 0. The molecule has 2 fully saturated rings. The van der Waals surface area contributed by atoms with Crippen LogP contribution in [0.3, 0.4) is 0 Å². The Bertz CT molecular complexity index is 505. The van der Waals surface area contributed by atoms with Gasteiger partial charge in [-0.1, -0.05) is 18.2 Å². The number of carbonyl (C=O) groups excluding carboxylic acids is 1. The molecule has 1 unspecified atom stereocenters. The predicted octanol–water partition coefficient (Wildman–Crippen LogP) is 1.27. The van der Waals surface area contributed by atoms with Crippen LogP contribution in [0, 0.1) is 5.92 Å². The predicted molar refractivity (Wildman–Crippen MR) is 89.8 cm³/mol. The Kier molecular flexibility index (Phi) is 6.46. The summed E-state index contributed by atoms with van der Waals surface area (Å²) in [5.74, 6) is 1.23. The first-order chi connectivity index (χ1) is 11.8. The first-order valence-corrected chi connectivity index (χ1v) is 8.71. The van der Waals surface area contributed by atoms with Crippen LogP contribution in [-0.2, 0) is 14.3 Å². The van der Waals surface area contributed by atoms with Gasteiger partial charge in [0.15, 0.2) is 6.29 Å². The van der Waals surface area contributed by atoms with E-state index in [4.69, 9.17) is 14.2 Å². The minimum absolute atomic E-state index is 0.0422. The van der Waals surface area contributed by atoms with Gasteiger partial charge in [-0.25, -0.2) is 0 Å². The fraction of sp³-hybridized carbons (Fsp3) is 0.611. The molecule has 0 spiro atoms. The average Bonchev–Trinajstić information content (AvgIpc) is 3.15. The largest absolute Gasteiger partial charge is 0.492 e. The number of carbonyl (C=O) groups is 1. The highest BCUT2D eigenvalue weighted by atomic mass is 16.7. The molecule has 1 amide bonds. The maximum Gasteiger partial charge on any atom is 0.234 e. The van der Waals surface area contributed by atoms with Crippen LogP contribution in [0.4, 0.5) is 0 Å². The zero-order chi connectivity index (χ0) is 16.6. The van der Waals surface area contributed by atoms with E-state index in [9.17, 15) is 4.79 Å². The number of amides is 1. The lowest BCUT2D eigenvalue weighted by atomic mass is 9.97. The van der Waals surface area contributed by atoms with Crippen molar-refractivity contribution in [2.24, 2.45) is 5.92 Å². The summed E-state index contributed by atoms with van der Waals surface area (Å²) in [5, 5.41) is 2.92. The van der Waals surface area contributed by atoms with E-state index in [1.807, 2.05) is 30.3 Å². The second-order valence-electron chi connectivity index (χ2n) is 6.26. The molecular weight excluding hydrogens is 308 g/mol. The zero-order valence-electron chi connectivity index (χ0n) is 14.0. The highest BCUT2D eigenvalue weighted by Gasteiger charge is 2.31. The molecule has 2 aliphatic rings. The van der Waals surface area contributed by atoms with Gasteiger partial charge in [-0.3, -0.25) is 9.69 Å². The van der Waals surface area contributed by atoms with Crippen molar-refractivity contribution in [1.82, 2.24) is 10.2 Å². The molecule has 1 aromatic rings. The number of piperidine rings is 1. The standard InChI is InChI=1S/C18H26N2O4/c21-17(19-8-10-22-16-6-2-1-3-7-16)14-20-9-4-5-15(13-20)18-23-11-12-24-18/h1-3,6-7,15,18H,4-5,8-14H2,(H,19,21). The molecule has 132 valence electrons. The van der Waals surface area contributed by atoms with Gasteiger partial charge >= 0.3 is 0 Å². The van der Waals surface area contributed by atoms with Crippen molar-refractivity contribution in [3.63, 3.8) is 0 Å². The summed E-state index contributed by atoms with van der Waals surface area (Å²) in [6, 6.07) is 9.62. The zero-order valence-corrected chi connectivity index (χ0v) is 14.0. The first-order valence-electron chi connectivity index (χ1n) is 8.71. The van der Waals surface area contributed by atoms with E-state index in [-0.39, 0.29) is 12.2 Å². The molecule has 1 aromatic carbocycles. The van der Waals surface area contributed by atoms with E-state index in [0.29, 0.717) is 38.8 Å². The van der Waals surface area contributed by atoms with Gasteiger partial charge in [0.2, 0.25) is 5.91 Å². The van der Waals surface area contributed by atoms with Crippen molar-refractivity contribution in [3.05, 3.63) is 30.3 Å². The van der Waals surface area contributed by atoms with Crippen LogP contribution in [0.1, 0.15) is 12.8 Å². The first kappa shape index (κ1) is 17.2. The molecule has 0 saturated carbocycles. The summed E-state index contributed by atoms with van der Waals surface area (Å²) < 4.78 is 16.8. The van der Waals surface area contributed by atoms with E-state index in [2.05, 4.69) is 10.2 Å². The van der Waals surface area contributed by atoms with E-state index < -0.39 is 0 Å². The SMILES string of the molecule is O=C(CN1CCCC(C2OCCO2)C1)NCCOc1ccccc1. The number of hydrogen-bond acceptors (Lipinski definition) is 5. The summed E-state index contributed by atoms with van der Waals surface area (Å²) in [4.78, 5) is 14.3. The Morgan fingerprint density at radius 3 is 2.83 bits per heavy atom. The Morgan fingerprint density at radius 2 is 2.04 bits per heavy atom. The number of ether oxygens (including phenoxy) is 3. The van der Waals surface area contributed by atoms with Gasteiger partial charge in [-0.2, -0.15) is 0 Å². The van der Waals surface area contributed by atoms with Crippen LogP contribution in [-0.4, -0.2) is 63.1 Å². The lowest BCUT2D eigenvalue weighted by Crippen LogP contribution is -2.45. The van der Waals surface area contributed by atoms with Crippen LogP contribution < -0.4 is 10.1 Å². The van der Waals surface area contributed by atoms with Crippen molar-refractivity contribution in [2.75, 3.05) is 46.0 Å². The fourth-order valence-corrected chi connectivity index (χ4v) is 3.24. The number of nitrogens with one attached hydrogen (secondary N) is 1. The highest BCUT2D eigenvalue weighted by molar-refractivity contribution is 5.78. The monoisotopic (exact) mass is 334 g/mol. The number of likely N-dealkylation sites (tertiary alicyclic amines) is 1. The molecule has 1 atom stereocenters. The minimum Gasteiger partial charge on any atom is -0.492 e. The number of hydrogen-bond donors (Lipinski definition) is 1. The van der Waals surface area contributed by atoms with Crippen molar-refractivity contribution < 1.29 is 19.0 Å². The summed E-state index contributed by atoms with van der Waals surface area (Å²) in [5.41, 5.74) is 0. The van der Waals surface area contributed by atoms with Crippen molar-refractivity contribution in [1.29, 1.82) is 0 Å². The Balaban J connectivity index is 1.32. The van der Waals surface area contributed by atoms with E-state index in [1.165, 1.54) is 0 Å². The topological polar surface area (TPSA) is 60.0 Å². The van der Waals surface area contributed by atoms with Crippen molar-refractivity contribution >= 4 is 5.91 Å². The molecule has 2 saturated heterocycles. The third kappa shape index (κ3) is 5.19. The lowest BCUT2D eigenvalue weighted by molar-refractivity contribution is -0.125. The van der Waals surface area contributed by atoms with Crippen LogP contribution in [0.15, 0.2) is 30.3 Å². The maximum absolute atomic E-state index is 12.1. The molecule has 2 aliphatic heterocycles. The lowest BCUT2D eigenvalue weighted by Gasteiger charge is -2.34. The minimum atomic E-state index is -0.0878. The van der Waals surface area contributed by atoms with Crippen LogP contribution >= 0.6 is 0 Å². The Morgan fingerprint density at radius 1 is 1.25 bits per heavy atom. The number of para-hydroxylation sites is 1. The third-order valence-corrected chi connectivity index (χ3v) is 4.38. The fourth-order valence-electron chi connectivity index (χ4n) is 3.24. The van der Waals surface area contributed by atoms with Crippen molar-refractivity contribution in [3.8, 4) is 5.75 Å². The molecule has 24 heavy (non-hydrogen) atoms. The normalized spacial score (nSPS) is 22.4. The second-order valence-corrected chi connectivity index (χ2v) is 6.26. The Labute approximate surface area is 143 Å². The smallest absolute Gasteiger partial charge is 0.234 e. The van der Waals surface area contributed by atoms with Gasteiger partial charge in [0.05, 0.1) is 26.3 Å². The highest BCUT2D eigenvalue weighted by Crippen LogP contribution is 2.24. The molecule has 6 nitrogen and oxygen atoms in total. The molecule has 0 radical (unpaired) electrons. The molecule has 1 N–H and O–H groups in total. The summed E-state index contributed by atoms with van der Waals surface area (Å²) in [6.45, 7) is 4.60. The van der Waals surface area contributed by atoms with Gasteiger partial charge < -0.3 is 19.5 Å². The van der Waals surface area contributed by atoms with Gasteiger partial charge in [0.25, 0.3) is 0 Å². The van der Waals surface area contributed by atoms with E-state index >= 15 is 0 Å². The second kappa shape index (κ2) is 9.01. The van der Waals surface area contributed by atoms with Gasteiger partial charge in [-0.05, 0) is 31.5 Å². The van der Waals surface area contributed by atoms with Crippen LogP contribution in [0.5, 0.6) is 5.75 Å². The summed E-state index contributed by atoms with van der Waals surface area (Å²) >= 11 is 0. The molecule has 0 aliphatic carbocycles. The average molecular weight is 334 g/mol. The van der Waals surface area contributed by atoms with E-state index in [0.717, 1.165) is 31.7 Å². The van der Waals surface area contributed by atoms with E-state index in [1.54, 1.807) is 0 Å². The number of benzene rings is 1. The van der Waals surface area contributed by atoms with Crippen LogP contribution in [0.25, 0.3) is 0 Å². The third-order valence-electron chi connectivity index (χ3n) is 4.38. The quantitative estimate of drug-likeness (QED) is 0.761. The maximum atomic E-state index is 12.1. The Hall–Kier alpha value is -1.63. The van der Waals surface area contributed by atoms with Gasteiger partial charge in [0, 0.05) is 12.5 Å². The molecule has 6 heteroatoms. The van der Waals surface area contributed by atoms with Crippen LogP contribution in [0.2, 0.25) is 0 Å². The molecule has 0 aromatic heterocycles. The van der Waals surface area contributed by atoms with Gasteiger partial charge in [-0.15, -0.1) is 0 Å². The molecule has 3 rings (SSSR count). The van der Waals surface area contributed by atoms with Gasteiger partial charge in [0.1, 0.15) is 12.4 Å². The number of nitrogens with zero attached hydrogens (tertiary/aromatic N) is 1.